The van der Waals surface area contributed by atoms with E-state index in [2.05, 4.69) is 14.9 Å². The lowest BCUT2D eigenvalue weighted by Crippen LogP contribution is -2.45. The summed E-state index contributed by atoms with van der Waals surface area (Å²) in [6, 6.07) is 14.1. The number of aliphatic hydroxyl groups is 1. The number of aliphatic hydroxyl groups excluding tert-OH is 1. The Kier molecular flexibility index (Phi) is 9.70. The Morgan fingerprint density at radius 1 is 0.927 bits per heavy atom. The topological polar surface area (TPSA) is 100 Å². The molecular weight excluding hydrogens is 549 g/mol. The summed E-state index contributed by atoms with van der Waals surface area (Å²) in [5, 5.41) is 13.8. The van der Waals surface area contributed by atoms with Gasteiger partial charge < -0.3 is 19.5 Å². The van der Waals surface area contributed by atoms with Crippen LogP contribution >= 0.6 is 0 Å². The number of ether oxygens (including phenoxy) is 2. The minimum absolute atomic E-state index is 0.0121. The predicted octanol–water partition coefficient (Wildman–Crippen LogP) is 2.91. The third-order valence-electron chi connectivity index (χ3n) is 7.44. The average molecular weight is 590 g/mol. The van der Waals surface area contributed by atoms with Gasteiger partial charge in [-0.25, -0.2) is 12.8 Å². The lowest BCUT2D eigenvalue weighted by atomic mass is 10.1. The largest absolute Gasteiger partial charge is 0.497 e. The van der Waals surface area contributed by atoms with Crippen molar-refractivity contribution in [3.8, 4) is 11.5 Å². The molecule has 0 aliphatic carbocycles. The first kappa shape index (κ1) is 30.9. The highest BCUT2D eigenvalue weighted by Gasteiger charge is 2.37. The molecule has 0 radical (unpaired) electrons. The number of rotatable bonds is 12. The van der Waals surface area contributed by atoms with Crippen LogP contribution in [-0.2, 0) is 35.2 Å². The molecule has 10 nitrogen and oxygen atoms in total. The zero-order chi connectivity index (χ0) is 29.8. The van der Waals surface area contributed by atoms with E-state index in [1.165, 1.54) is 8.99 Å². The number of sulfonamides is 1. The number of halogens is 1. The Morgan fingerprint density at radius 3 is 1.85 bits per heavy atom. The Balaban J connectivity index is 1.75. The monoisotopic (exact) mass is 589 g/mol. The maximum absolute atomic E-state index is 16.3. The quantitative estimate of drug-likeness (QED) is 0.344. The zero-order valence-corrected chi connectivity index (χ0v) is 25.2. The van der Waals surface area contributed by atoms with Gasteiger partial charge in [0, 0.05) is 45.8 Å². The molecule has 0 saturated carbocycles. The Morgan fingerprint density at radius 2 is 1.41 bits per heavy atom. The van der Waals surface area contributed by atoms with E-state index in [1.807, 2.05) is 7.05 Å². The van der Waals surface area contributed by atoms with Crippen molar-refractivity contribution >= 4 is 10.0 Å². The highest BCUT2D eigenvalue weighted by atomic mass is 32.2. The molecule has 3 aromatic rings. The number of nitrogens with zero attached hydrogens (tertiary/aromatic N) is 5. The highest BCUT2D eigenvalue weighted by Crippen LogP contribution is 2.29. The van der Waals surface area contributed by atoms with Gasteiger partial charge in [-0.15, -0.1) is 0 Å². The van der Waals surface area contributed by atoms with Crippen LogP contribution in [0.4, 0.5) is 4.39 Å². The number of hydrogen-bond acceptors (Lipinski definition) is 8. The Hall–Kier alpha value is -3.03. The second-order valence-corrected chi connectivity index (χ2v) is 12.9. The lowest BCUT2D eigenvalue weighted by Gasteiger charge is -2.33. The van der Waals surface area contributed by atoms with Crippen molar-refractivity contribution in [3.05, 3.63) is 71.2 Å². The third-order valence-corrected chi connectivity index (χ3v) is 9.12. The van der Waals surface area contributed by atoms with Gasteiger partial charge in [-0.05, 0) is 56.3 Å². The highest BCUT2D eigenvalue weighted by molar-refractivity contribution is 7.89. The van der Waals surface area contributed by atoms with E-state index in [9.17, 15) is 13.5 Å². The summed E-state index contributed by atoms with van der Waals surface area (Å²) < 4.78 is 57.7. The minimum atomic E-state index is -4.42. The van der Waals surface area contributed by atoms with Crippen LogP contribution in [0.3, 0.4) is 0 Å². The standard InChI is InChI=1S/C29H40FN5O5S/c1-29(2,21-36)35-26(20-33-16-14-32(3)15-17-33)27(30)28(31-35)41(37,38)34(18-22-6-10-24(39-4)11-7-22)19-23-8-12-25(40-5)13-9-23/h6-13,36H,14-21H2,1-5H3. The van der Waals surface area contributed by atoms with Gasteiger partial charge in [-0.2, -0.15) is 9.40 Å². The molecule has 0 spiro atoms. The molecule has 0 bridgehead atoms. The second-order valence-electron chi connectivity index (χ2n) is 11.0. The SMILES string of the molecule is COc1ccc(CN(Cc2ccc(OC)cc2)S(=O)(=O)c2nn(C(C)(C)CO)c(CN3CCN(C)CC3)c2F)cc1. The van der Waals surface area contributed by atoms with Crippen LogP contribution in [0, 0.1) is 5.82 Å². The molecule has 4 rings (SSSR count). The molecule has 41 heavy (non-hydrogen) atoms. The number of hydrogen-bond donors (Lipinski definition) is 1. The predicted molar refractivity (Wildman–Crippen MR) is 154 cm³/mol. The van der Waals surface area contributed by atoms with E-state index in [1.54, 1.807) is 76.6 Å². The van der Waals surface area contributed by atoms with Crippen LogP contribution < -0.4 is 9.47 Å². The zero-order valence-electron chi connectivity index (χ0n) is 24.4. The number of piperazine rings is 1. The molecule has 2 heterocycles. The van der Waals surface area contributed by atoms with Gasteiger partial charge in [0.05, 0.1) is 32.1 Å². The van der Waals surface area contributed by atoms with Gasteiger partial charge >= 0.3 is 0 Å². The van der Waals surface area contributed by atoms with Gasteiger partial charge in [0.1, 0.15) is 11.5 Å². The van der Waals surface area contributed by atoms with Crippen molar-refractivity contribution in [1.29, 1.82) is 0 Å². The number of benzene rings is 2. The molecule has 224 valence electrons. The summed E-state index contributed by atoms with van der Waals surface area (Å²) >= 11 is 0. The fourth-order valence-electron chi connectivity index (χ4n) is 4.72. The van der Waals surface area contributed by atoms with Crippen molar-refractivity contribution in [2.24, 2.45) is 0 Å². The summed E-state index contributed by atoms with van der Waals surface area (Å²) in [5.41, 5.74) is 0.529. The van der Waals surface area contributed by atoms with Crippen LogP contribution in [-0.4, -0.2) is 91.5 Å². The number of methoxy groups -OCH3 is 2. The van der Waals surface area contributed by atoms with Crippen LogP contribution in [0.2, 0.25) is 0 Å². The summed E-state index contributed by atoms with van der Waals surface area (Å²) in [7, 11) is 0.721. The average Bonchev–Trinajstić information content (AvgIpc) is 3.31. The third kappa shape index (κ3) is 7.07. The van der Waals surface area contributed by atoms with Crippen molar-refractivity contribution in [2.75, 3.05) is 54.1 Å². The van der Waals surface area contributed by atoms with Crippen molar-refractivity contribution in [3.63, 3.8) is 0 Å². The summed E-state index contributed by atoms with van der Waals surface area (Å²) in [4.78, 5) is 4.26. The van der Waals surface area contributed by atoms with Crippen LogP contribution in [0.15, 0.2) is 53.6 Å². The van der Waals surface area contributed by atoms with Crippen LogP contribution in [0.25, 0.3) is 0 Å². The smallest absolute Gasteiger partial charge is 0.266 e. The maximum atomic E-state index is 16.3. The Labute approximate surface area is 241 Å². The van der Waals surface area contributed by atoms with E-state index >= 15 is 4.39 Å². The van der Waals surface area contributed by atoms with Crippen LogP contribution in [0.5, 0.6) is 11.5 Å². The molecule has 1 fully saturated rings. The summed E-state index contributed by atoms with van der Waals surface area (Å²) in [6.45, 7) is 6.29. The first-order valence-electron chi connectivity index (χ1n) is 13.5. The molecule has 1 aliphatic rings. The van der Waals surface area contributed by atoms with E-state index in [0.717, 1.165) is 13.1 Å². The van der Waals surface area contributed by atoms with E-state index in [4.69, 9.17) is 9.47 Å². The molecule has 1 aliphatic heterocycles. The normalized spacial score (nSPS) is 15.4. The fourth-order valence-corrected chi connectivity index (χ4v) is 6.13. The van der Waals surface area contributed by atoms with Crippen molar-refractivity contribution < 1.29 is 27.4 Å². The minimum Gasteiger partial charge on any atom is -0.497 e. The van der Waals surface area contributed by atoms with E-state index < -0.39 is 26.4 Å². The van der Waals surface area contributed by atoms with E-state index in [0.29, 0.717) is 35.7 Å². The first-order chi connectivity index (χ1) is 19.5. The first-order valence-corrected chi connectivity index (χ1v) is 15.0. The molecule has 0 unspecified atom stereocenters. The lowest BCUT2D eigenvalue weighted by molar-refractivity contribution is 0.124. The molecule has 1 aromatic heterocycles. The van der Waals surface area contributed by atoms with Gasteiger partial charge in [-0.3, -0.25) is 9.58 Å². The molecule has 0 amide bonds. The molecular formula is C29H40FN5O5S. The molecule has 0 atom stereocenters. The van der Waals surface area contributed by atoms with Crippen LogP contribution in [0.1, 0.15) is 30.7 Å². The molecule has 1 N–H and O–H groups in total. The van der Waals surface area contributed by atoms with Gasteiger partial charge in [0.2, 0.25) is 5.03 Å². The number of aromatic nitrogens is 2. The summed E-state index contributed by atoms with van der Waals surface area (Å²) in [6.07, 6.45) is 0. The second kappa shape index (κ2) is 12.9. The van der Waals surface area contributed by atoms with Gasteiger partial charge in [-0.1, -0.05) is 24.3 Å². The molecule has 1 saturated heterocycles. The molecule has 2 aromatic carbocycles. The number of likely N-dealkylation sites (N-methyl/N-ethyl adjacent to an activating group) is 1. The summed E-state index contributed by atoms with van der Waals surface area (Å²) in [5.74, 6) is 0.394. The maximum Gasteiger partial charge on any atom is 0.266 e. The molecule has 12 heteroatoms. The van der Waals surface area contributed by atoms with Crippen molar-refractivity contribution in [2.45, 2.75) is 44.0 Å². The Bertz CT molecular complexity index is 1350. The van der Waals surface area contributed by atoms with Gasteiger partial charge in [0.15, 0.2) is 5.82 Å². The van der Waals surface area contributed by atoms with Crippen molar-refractivity contribution in [1.82, 2.24) is 23.9 Å². The fraction of sp³-hybridized carbons (Fsp3) is 0.483. The van der Waals surface area contributed by atoms with Gasteiger partial charge in [0.25, 0.3) is 10.0 Å². The van der Waals surface area contributed by atoms with E-state index in [-0.39, 0.29) is 31.9 Å².